The van der Waals surface area contributed by atoms with Gasteiger partial charge in [-0.3, -0.25) is 0 Å². The van der Waals surface area contributed by atoms with Crippen LogP contribution in [-0.4, -0.2) is 24.7 Å². The molecule has 0 radical (unpaired) electrons. The summed E-state index contributed by atoms with van der Waals surface area (Å²) in [6.45, 7) is -0.790. The summed E-state index contributed by atoms with van der Waals surface area (Å²) in [6.07, 6.45) is -0.674. The number of rotatable bonds is 4. The Morgan fingerprint density at radius 1 is 1.50 bits per heavy atom. The largest absolute Gasteiger partial charge is 0.504 e. The van der Waals surface area contributed by atoms with Gasteiger partial charge in [-0.1, -0.05) is 11.6 Å². The zero-order chi connectivity index (χ0) is 12.3. The number of ether oxygens (including phenoxy) is 1. The van der Waals surface area contributed by atoms with Crippen LogP contribution in [0, 0.1) is 0 Å². The molecule has 1 aromatic rings. The highest BCUT2D eigenvalue weighted by molar-refractivity contribution is 6.30. The fourth-order valence-electron chi connectivity index (χ4n) is 1.27. The maximum atomic E-state index is 13.1. The van der Waals surface area contributed by atoms with Crippen molar-refractivity contribution in [2.24, 2.45) is 5.73 Å². The van der Waals surface area contributed by atoms with Crippen molar-refractivity contribution in [1.82, 2.24) is 0 Å². The van der Waals surface area contributed by atoms with Crippen molar-refractivity contribution in [3.05, 3.63) is 22.7 Å². The predicted molar refractivity (Wildman–Crippen MR) is 57.4 cm³/mol. The Kier molecular flexibility index (Phi) is 3.93. The van der Waals surface area contributed by atoms with Crippen LogP contribution in [0.4, 0.5) is 8.78 Å². The molecule has 0 aliphatic heterocycles. The van der Waals surface area contributed by atoms with E-state index in [1.165, 1.54) is 19.2 Å². The minimum absolute atomic E-state index is 0.0137. The van der Waals surface area contributed by atoms with E-state index in [0.717, 1.165) is 0 Å². The molecule has 16 heavy (non-hydrogen) atoms. The van der Waals surface area contributed by atoms with Gasteiger partial charge in [0.15, 0.2) is 11.5 Å². The van der Waals surface area contributed by atoms with Gasteiger partial charge >= 0.3 is 0 Å². The van der Waals surface area contributed by atoms with E-state index >= 15 is 0 Å². The number of nitrogens with two attached hydrogens (primary N) is 1. The fourth-order valence-corrected chi connectivity index (χ4v) is 1.50. The maximum absolute atomic E-state index is 13.1. The molecule has 0 saturated carbocycles. The Labute approximate surface area is 96.8 Å². The van der Waals surface area contributed by atoms with Crippen LogP contribution in [0.1, 0.15) is 5.56 Å². The van der Waals surface area contributed by atoms with E-state index in [2.05, 4.69) is 0 Å². The van der Waals surface area contributed by atoms with Gasteiger partial charge in [-0.25, -0.2) is 8.78 Å². The number of halogens is 3. The number of hydrogen-bond donors (Lipinski definition) is 2. The average Bonchev–Trinajstić information content (AvgIpc) is 2.22. The summed E-state index contributed by atoms with van der Waals surface area (Å²) in [5.74, 6) is -3.34. The second kappa shape index (κ2) is 4.84. The molecule has 1 aromatic carbocycles. The number of phenols is 1. The summed E-state index contributed by atoms with van der Waals surface area (Å²) in [5, 5.41) is 9.83. The minimum atomic E-state index is -3.08. The summed E-state index contributed by atoms with van der Waals surface area (Å²) < 4.78 is 30.9. The summed E-state index contributed by atoms with van der Waals surface area (Å²) in [7, 11) is 1.32. The van der Waals surface area contributed by atoms with Crippen LogP contribution in [0.2, 0.25) is 5.02 Å². The normalized spacial score (nSPS) is 11.6. The third kappa shape index (κ3) is 2.96. The number of hydrogen-bond acceptors (Lipinski definition) is 3. The maximum Gasteiger partial charge on any atom is 0.264 e. The number of phenolic OH excluding ortho intramolecular Hbond substituents is 1. The van der Waals surface area contributed by atoms with E-state index in [9.17, 15) is 13.9 Å². The van der Waals surface area contributed by atoms with Crippen LogP contribution in [0.15, 0.2) is 12.1 Å². The van der Waals surface area contributed by atoms with Gasteiger partial charge in [-0.2, -0.15) is 0 Å². The van der Waals surface area contributed by atoms with Crippen molar-refractivity contribution in [2.75, 3.05) is 13.7 Å². The monoisotopic (exact) mass is 251 g/mol. The van der Waals surface area contributed by atoms with Gasteiger partial charge in [0.05, 0.1) is 13.7 Å². The third-order valence-electron chi connectivity index (χ3n) is 2.09. The molecule has 0 aliphatic rings. The van der Waals surface area contributed by atoms with Crippen molar-refractivity contribution in [1.29, 1.82) is 0 Å². The van der Waals surface area contributed by atoms with E-state index in [1.807, 2.05) is 0 Å². The number of aromatic hydroxyl groups is 1. The van der Waals surface area contributed by atoms with Crippen LogP contribution < -0.4 is 10.5 Å². The van der Waals surface area contributed by atoms with E-state index in [-0.39, 0.29) is 22.1 Å². The first-order valence-corrected chi connectivity index (χ1v) is 4.90. The average molecular weight is 252 g/mol. The molecule has 0 spiro atoms. The zero-order valence-corrected chi connectivity index (χ0v) is 9.39. The SMILES string of the molecule is COc1cc(Cl)cc(CC(F)(F)CN)c1O. The zero-order valence-electron chi connectivity index (χ0n) is 8.64. The van der Waals surface area contributed by atoms with Crippen molar-refractivity contribution in [3.63, 3.8) is 0 Å². The van der Waals surface area contributed by atoms with E-state index in [0.29, 0.717) is 0 Å². The van der Waals surface area contributed by atoms with Crippen LogP contribution in [0.3, 0.4) is 0 Å². The first kappa shape index (κ1) is 13.0. The van der Waals surface area contributed by atoms with Crippen LogP contribution in [0.5, 0.6) is 11.5 Å². The highest BCUT2D eigenvalue weighted by atomic mass is 35.5. The Bertz CT molecular complexity index is 385. The van der Waals surface area contributed by atoms with Gasteiger partial charge in [0.25, 0.3) is 5.92 Å². The molecule has 0 aliphatic carbocycles. The first-order valence-electron chi connectivity index (χ1n) is 4.53. The van der Waals surface area contributed by atoms with Crippen LogP contribution in [0.25, 0.3) is 0 Å². The summed E-state index contributed by atoms with van der Waals surface area (Å²) in [4.78, 5) is 0. The van der Waals surface area contributed by atoms with Gasteiger partial charge in [0, 0.05) is 23.1 Å². The molecule has 90 valence electrons. The molecule has 0 aromatic heterocycles. The molecule has 3 nitrogen and oxygen atoms in total. The van der Waals surface area contributed by atoms with E-state index in [1.54, 1.807) is 0 Å². The standard InChI is InChI=1S/C10H12ClF2NO2/c1-16-8-3-7(11)2-6(9(8)15)4-10(12,13)5-14/h2-3,15H,4-5,14H2,1H3. The molecule has 3 N–H and O–H groups in total. The smallest absolute Gasteiger partial charge is 0.264 e. The quantitative estimate of drug-likeness (QED) is 0.863. The van der Waals surface area contributed by atoms with Crippen molar-refractivity contribution < 1.29 is 18.6 Å². The number of benzene rings is 1. The highest BCUT2D eigenvalue weighted by Crippen LogP contribution is 2.36. The van der Waals surface area contributed by atoms with Crippen molar-refractivity contribution >= 4 is 11.6 Å². The number of alkyl halides is 2. The van der Waals surface area contributed by atoms with Gasteiger partial charge in [0.2, 0.25) is 0 Å². The topological polar surface area (TPSA) is 55.5 Å². The van der Waals surface area contributed by atoms with Gasteiger partial charge in [-0.15, -0.1) is 0 Å². The lowest BCUT2D eigenvalue weighted by molar-refractivity contribution is 0.0109. The molecule has 0 unspecified atom stereocenters. The molecule has 0 fully saturated rings. The molecule has 0 saturated heterocycles. The first-order chi connectivity index (χ1) is 7.39. The summed E-state index contributed by atoms with van der Waals surface area (Å²) in [6, 6.07) is 2.62. The molecular formula is C10H12ClF2NO2. The van der Waals surface area contributed by atoms with Gasteiger partial charge in [-0.05, 0) is 6.07 Å². The molecule has 0 heterocycles. The predicted octanol–water partition coefficient (Wildman–Crippen LogP) is 2.19. The van der Waals surface area contributed by atoms with Crippen molar-refractivity contribution in [3.8, 4) is 11.5 Å². The second-order valence-corrected chi connectivity index (χ2v) is 3.79. The molecular weight excluding hydrogens is 240 g/mol. The lowest BCUT2D eigenvalue weighted by Crippen LogP contribution is -2.30. The molecule has 0 bridgehead atoms. The highest BCUT2D eigenvalue weighted by Gasteiger charge is 2.29. The lowest BCUT2D eigenvalue weighted by atomic mass is 10.1. The third-order valence-corrected chi connectivity index (χ3v) is 2.30. The van der Waals surface area contributed by atoms with Gasteiger partial charge in [0.1, 0.15) is 0 Å². The summed E-state index contributed by atoms with van der Waals surface area (Å²) >= 11 is 5.71. The number of methoxy groups -OCH3 is 1. The molecule has 1 rings (SSSR count). The fraction of sp³-hybridized carbons (Fsp3) is 0.400. The molecule has 0 atom stereocenters. The minimum Gasteiger partial charge on any atom is -0.504 e. The van der Waals surface area contributed by atoms with Crippen LogP contribution >= 0.6 is 11.6 Å². The Balaban J connectivity index is 3.09. The Morgan fingerprint density at radius 3 is 2.62 bits per heavy atom. The van der Waals surface area contributed by atoms with E-state index in [4.69, 9.17) is 22.1 Å². The van der Waals surface area contributed by atoms with Crippen LogP contribution in [-0.2, 0) is 6.42 Å². The van der Waals surface area contributed by atoms with Crippen molar-refractivity contribution in [2.45, 2.75) is 12.3 Å². The Morgan fingerprint density at radius 2 is 2.12 bits per heavy atom. The molecule has 0 amide bonds. The lowest BCUT2D eigenvalue weighted by Gasteiger charge is -2.16. The van der Waals surface area contributed by atoms with Gasteiger partial charge < -0.3 is 15.6 Å². The van der Waals surface area contributed by atoms with E-state index < -0.39 is 18.9 Å². The molecule has 6 heteroatoms. The summed E-state index contributed by atoms with van der Waals surface area (Å²) in [5.41, 5.74) is 4.93. The Hall–Kier alpha value is -1.07. The second-order valence-electron chi connectivity index (χ2n) is 3.35.